The van der Waals surface area contributed by atoms with Gasteiger partial charge in [-0.2, -0.15) is 0 Å². The number of hydrogen-bond donors (Lipinski definition) is 0. The lowest BCUT2D eigenvalue weighted by molar-refractivity contribution is -0.129. The van der Waals surface area contributed by atoms with Crippen molar-refractivity contribution in [1.29, 1.82) is 0 Å². The number of carbonyl (C=O) groups excluding carboxylic acids is 1. The quantitative estimate of drug-likeness (QED) is 0.378. The van der Waals surface area contributed by atoms with Gasteiger partial charge in [-0.25, -0.2) is 4.98 Å². The van der Waals surface area contributed by atoms with Gasteiger partial charge in [0.05, 0.1) is 16.2 Å². The smallest absolute Gasteiger partial charge is 0.262 e. The van der Waals surface area contributed by atoms with E-state index in [4.69, 9.17) is 0 Å². The Bertz CT molecular complexity index is 802. The summed E-state index contributed by atoms with van der Waals surface area (Å²) in [7, 11) is 0. The first-order chi connectivity index (χ1) is 11.4. The molecule has 2 rings (SSSR count). The van der Waals surface area contributed by atoms with Crippen LogP contribution < -0.4 is 5.56 Å². The molecule has 130 valence electrons. The Kier molecular flexibility index (Phi) is 6.68. The second-order valence-electron chi connectivity index (χ2n) is 5.38. The van der Waals surface area contributed by atoms with E-state index in [9.17, 15) is 9.59 Å². The predicted molar refractivity (Wildman–Crippen MR) is 108 cm³/mol. The molecule has 7 heteroatoms. The molecule has 1 aromatic carbocycles. The van der Waals surface area contributed by atoms with Crippen LogP contribution in [-0.2, 0) is 11.3 Å². The SMILES string of the molecule is CCN(CC)C(=O)[C@@H](C)Sc1nc2ccc(I)cc2c(=O)n1CC. The summed E-state index contributed by atoms with van der Waals surface area (Å²) in [6, 6.07) is 5.65. The Hall–Kier alpha value is -1.09. The van der Waals surface area contributed by atoms with Crippen LogP contribution in [0.25, 0.3) is 10.9 Å². The maximum atomic E-state index is 12.7. The molecule has 1 aromatic heterocycles. The van der Waals surface area contributed by atoms with E-state index in [0.717, 1.165) is 3.57 Å². The van der Waals surface area contributed by atoms with Crippen LogP contribution in [0.15, 0.2) is 28.2 Å². The average molecular weight is 459 g/mol. The number of halogens is 1. The summed E-state index contributed by atoms with van der Waals surface area (Å²) in [4.78, 5) is 31.7. The number of rotatable bonds is 6. The molecule has 0 saturated carbocycles. The van der Waals surface area contributed by atoms with E-state index in [2.05, 4.69) is 27.6 Å². The Morgan fingerprint density at radius 1 is 1.33 bits per heavy atom. The molecular formula is C17H22IN3O2S. The van der Waals surface area contributed by atoms with Gasteiger partial charge >= 0.3 is 0 Å². The highest BCUT2D eigenvalue weighted by Crippen LogP contribution is 2.24. The van der Waals surface area contributed by atoms with Crippen LogP contribution in [-0.4, -0.2) is 38.7 Å². The molecule has 0 saturated heterocycles. The van der Waals surface area contributed by atoms with Crippen molar-refractivity contribution in [1.82, 2.24) is 14.5 Å². The molecule has 0 aliphatic rings. The number of hydrogen-bond acceptors (Lipinski definition) is 4. The summed E-state index contributed by atoms with van der Waals surface area (Å²) in [5, 5.41) is 0.941. The monoisotopic (exact) mass is 459 g/mol. The van der Waals surface area contributed by atoms with Crippen molar-refractivity contribution in [3.63, 3.8) is 0 Å². The highest BCUT2D eigenvalue weighted by atomic mass is 127. The van der Waals surface area contributed by atoms with Gasteiger partial charge in [0, 0.05) is 23.2 Å². The first-order valence-corrected chi connectivity index (χ1v) is 10.0. The number of thioether (sulfide) groups is 1. The minimum absolute atomic E-state index is 0.0500. The molecule has 0 N–H and O–H groups in total. The van der Waals surface area contributed by atoms with Crippen molar-refractivity contribution >= 4 is 51.2 Å². The molecule has 2 aromatic rings. The van der Waals surface area contributed by atoms with E-state index < -0.39 is 0 Å². The molecule has 24 heavy (non-hydrogen) atoms. The van der Waals surface area contributed by atoms with Crippen LogP contribution in [0.4, 0.5) is 0 Å². The topological polar surface area (TPSA) is 55.2 Å². The molecule has 1 atom stereocenters. The van der Waals surface area contributed by atoms with E-state index in [0.29, 0.717) is 35.7 Å². The maximum absolute atomic E-state index is 12.7. The standard InChI is InChI=1S/C17H22IN3O2S/c1-5-20(6-2)15(22)11(4)24-17-19-14-9-8-12(18)10-13(14)16(23)21(17)7-3/h8-11H,5-7H2,1-4H3/t11-/m1/s1. The van der Waals surface area contributed by atoms with Gasteiger partial charge in [0.25, 0.3) is 5.56 Å². The van der Waals surface area contributed by atoms with Gasteiger partial charge in [-0.1, -0.05) is 11.8 Å². The summed E-state index contributed by atoms with van der Waals surface area (Å²) in [5.41, 5.74) is 0.626. The van der Waals surface area contributed by atoms with E-state index in [-0.39, 0.29) is 16.7 Å². The molecule has 0 aliphatic carbocycles. The van der Waals surface area contributed by atoms with Crippen molar-refractivity contribution in [2.75, 3.05) is 13.1 Å². The van der Waals surface area contributed by atoms with Gasteiger partial charge in [0.2, 0.25) is 5.91 Å². The van der Waals surface area contributed by atoms with Crippen LogP contribution in [0.3, 0.4) is 0 Å². The Balaban J connectivity index is 2.43. The lowest BCUT2D eigenvalue weighted by Crippen LogP contribution is -2.36. The number of aromatic nitrogens is 2. The van der Waals surface area contributed by atoms with Crippen molar-refractivity contribution in [3.8, 4) is 0 Å². The molecule has 0 radical (unpaired) electrons. The van der Waals surface area contributed by atoms with Gasteiger partial charge < -0.3 is 4.90 Å². The van der Waals surface area contributed by atoms with Gasteiger partial charge in [-0.05, 0) is 68.5 Å². The van der Waals surface area contributed by atoms with Crippen molar-refractivity contribution < 1.29 is 4.79 Å². The van der Waals surface area contributed by atoms with Gasteiger partial charge in [0.1, 0.15) is 0 Å². The fraction of sp³-hybridized carbons (Fsp3) is 0.471. The summed E-state index contributed by atoms with van der Waals surface area (Å²) in [5.74, 6) is 0.0737. The third kappa shape index (κ3) is 3.93. The van der Waals surface area contributed by atoms with E-state index >= 15 is 0 Å². The minimum atomic E-state index is -0.282. The summed E-state index contributed by atoms with van der Waals surface area (Å²) in [6.45, 7) is 9.63. The fourth-order valence-corrected chi connectivity index (χ4v) is 4.09. The van der Waals surface area contributed by atoms with Crippen LogP contribution in [0.2, 0.25) is 0 Å². The zero-order chi connectivity index (χ0) is 17.9. The number of amides is 1. The molecule has 1 amide bonds. The maximum Gasteiger partial charge on any atom is 0.262 e. The normalized spacial score (nSPS) is 12.4. The highest BCUT2D eigenvalue weighted by Gasteiger charge is 2.22. The molecular weight excluding hydrogens is 437 g/mol. The summed E-state index contributed by atoms with van der Waals surface area (Å²) in [6.07, 6.45) is 0. The average Bonchev–Trinajstić information content (AvgIpc) is 2.57. The van der Waals surface area contributed by atoms with E-state index in [1.54, 1.807) is 9.47 Å². The Labute approximate surface area is 160 Å². The number of fused-ring (bicyclic) bond motifs is 1. The third-order valence-electron chi connectivity index (χ3n) is 3.90. The molecule has 0 aliphatic heterocycles. The van der Waals surface area contributed by atoms with Crippen LogP contribution in [0, 0.1) is 3.57 Å². The summed E-state index contributed by atoms with van der Waals surface area (Å²) >= 11 is 3.54. The molecule has 0 unspecified atom stereocenters. The number of carbonyl (C=O) groups is 1. The lowest BCUT2D eigenvalue weighted by Gasteiger charge is -2.23. The van der Waals surface area contributed by atoms with Crippen LogP contribution in [0.5, 0.6) is 0 Å². The summed E-state index contributed by atoms with van der Waals surface area (Å²) < 4.78 is 2.65. The van der Waals surface area contributed by atoms with Crippen molar-refractivity contribution in [2.24, 2.45) is 0 Å². The second kappa shape index (κ2) is 8.33. The Morgan fingerprint density at radius 2 is 2.00 bits per heavy atom. The molecule has 0 bridgehead atoms. The van der Waals surface area contributed by atoms with E-state index in [1.165, 1.54) is 11.8 Å². The van der Waals surface area contributed by atoms with Gasteiger partial charge in [-0.3, -0.25) is 14.2 Å². The van der Waals surface area contributed by atoms with Crippen LogP contribution in [0.1, 0.15) is 27.7 Å². The lowest BCUT2D eigenvalue weighted by atomic mass is 10.2. The van der Waals surface area contributed by atoms with Crippen LogP contribution >= 0.6 is 34.4 Å². The zero-order valence-corrected chi connectivity index (χ0v) is 17.3. The fourth-order valence-electron chi connectivity index (χ4n) is 2.54. The number of benzene rings is 1. The third-order valence-corrected chi connectivity index (χ3v) is 5.65. The Morgan fingerprint density at radius 3 is 2.58 bits per heavy atom. The molecule has 5 nitrogen and oxygen atoms in total. The minimum Gasteiger partial charge on any atom is -0.342 e. The zero-order valence-electron chi connectivity index (χ0n) is 14.4. The molecule has 1 heterocycles. The largest absolute Gasteiger partial charge is 0.342 e. The first-order valence-electron chi connectivity index (χ1n) is 8.08. The highest BCUT2D eigenvalue weighted by molar-refractivity contribution is 14.1. The van der Waals surface area contributed by atoms with Gasteiger partial charge in [0.15, 0.2) is 5.16 Å². The van der Waals surface area contributed by atoms with Crippen molar-refractivity contribution in [3.05, 3.63) is 32.1 Å². The second-order valence-corrected chi connectivity index (χ2v) is 7.93. The van der Waals surface area contributed by atoms with E-state index in [1.807, 2.05) is 45.9 Å². The van der Waals surface area contributed by atoms with Gasteiger partial charge in [-0.15, -0.1) is 0 Å². The predicted octanol–water partition coefficient (Wildman–Crippen LogP) is 3.37. The number of nitrogens with zero attached hydrogens (tertiary/aromatic N) is 3. The molecule has 0 fully saturated rings. The molecule has 0 spiro atoms. The van der Waals surface area contributed by atoms with Crippen molar-refractivity contribution in [2.45, 2.75) is 44.6 Å². The first kappa shape index (κ1) is 19.2.